The predicted molar refractivity (Wildman–Crippen MR) is 75.7 cm³/mol. The van der Waals surface area contributed by atoms with E-state index in [0.29, 0.717) is 12.0 Å². The van der Waals surface area contributed by atoms with Crippen LogP contribution in [0.1, 0.15) is 24.8 Å². The second-order valence-electron chi connectivity index (χ2n) is 4.96. The molecule has 0 unspecified atom stereocenters. The van der Waals surface area contributed by atoms with Gasteiger partial charge in [0.1, 0.15) is 5.82 Å². The second-order valence-corrected chi connectivity index (χ2v) is 4.96. The molecule has 0 aliphatic heterocycles. The summed E-state index contributed by atoms with van der Waals surface area (Å²) in [6.07, 6.45) is 6.26. The van der Waals surface area contributed by atoms with Gasteiger partial charge in [-0.1, -0.05) is 30.4 Å². The lowest BCUT2D eigenvalue weighted by Crippen LogP contribution is -2.30. The number of carbonyl (C=O) groups is 2. The molecule has 1 aliphatic rings. The number of hydrogen-bond acceptors (Lipinski definition) is 3. The summed E-state index contributed by atoms with van der Waals surface area (Å²) in [5.74, 6) is -1.31. The molecule has 21 heavy (non-hydrogen) atoms. The van der Waals surface area contributed by atoms with E-state index in [-0.39, 0.29) is 30.9 Å². The predicted octanol–water partition coefficient (Wildman–Crippen LogP) is 2.34. The fourth-order valence-electron chi connectivity index (χ4n) is 2.15. The number of carbonyl (C=O) groups excluding carboxylic acids is 2. The van der Waals surface area contributed by atoms with Crippen LogP contribution in [0.4, 0.5) is 4.39 Å². The van der Waals surface area contributed by atoms with Gasteiger partial charge in [0, 0.05) is 12.1 Å². The van der Waals surface area contributed by atoms with Gasteiger partial charge >= 0.3 is 5.97 Å². The number of hydrogen-bond donors (Lipinski definition) is 1. The van der Waals surface area contributed by atoms with Gasteiger partial charge in [-0.2, -0.15) is 0 Å². The molecule has 0 fully saturated rings. The minimum Gasteiger partial charge on any atom is -0.455 e. The monoisotopic (exact) mass is 291 g/mol. The first kappa shape index (κ1) is 15.2. The lowest BCUT2D eigenvalue weighted by atomic mass is 9.95. The van der Waals surface area contributed by atoms with Gasteiger partial charge in [0.15, 0.2) is 6.61 Å². The molecule has 0 saturated heterocycles. The van der Waals surface area contributed by atoms with Crippen molar-refractivity contribution in [1.29, 1.82) is 0 Å². The zero-order valence-corrected chi connectivity index (χ0v) is 11.7. The Morgan fingerprint density at radius 2 is 2.10 bits per heavy atom. The van der Waals surface area contributed by atoms with Gasteiger partial charge in [-0.3, -0.25) is 9.59 Å². The van der Waals surface area contributed by atoms with Crippen molar-refractivity contribution >= 4 is 11.9 Å². The summed E-state index contributed by atoms with van der Waals surface area (Å²) < 4.78 is 18.3. The molecule has 0 saturated carbocycles. The number of halogens is 1. The molecule has 0 radical (unpaired) electrons. The van der Waals surface area contributed by atoms with E-state index >= 15 is 0 Å². The molecular weight excluding hydrogens is 273 g/mol. The third kappa shape index (κ3) is 4.70. The molecule has 0 spiro atoms. The van der Waals surface area contributed by atoms with Crippen molar-refractivity contribution in [1.82, 2.24) is 5.32 Å². The van der Waals surface area contributed by atoms with Crippen LogP contribution < -0.4 is 5.32 Å². The maximum absolute atomic E-state index is 13.4. The highest BCUT2D eigenvalue weighted by molar-refractivity contribution is 5.81. The SMILES string of the molecule is O=C(COC(=O)[C@@H]1CC=CCC1)NCc1ccccc1F. The molecule has 2 rings (SSSR count). The number of rotatable bonds is 5. The van der Waals surface area contributed by atoms with E-state index in [1.807, 2.05) is 12.2 Å². The van der Waals surface area contributed by atoms with E-state index in [0.717, 1.165) is 12.8 Å². The van der Waals surface area contributed by atoms with E-state index in [1.165, 1.54) is 6.07 Å². The van der Waals surface area contributed by atoms with Gasteiger partial charge in [-0.25, -0.2) is 4.39 Å². The number of esters is 1. The lowest BCUT2D eigenvalue weighted by Gasteiger charge is -2.16. The fourth-order valence-corrected chi connectivity index (χ4v) is 2.15. The van der Waals surface area contributed by atoms with Crippen molar-refractivity contribution in [3.05, 3.63) is 47.8 Å². The zero-order valence-electron chi connectivity index (χ0n) is 11.7. The van der Waals surface area contributed by atoms with Crippen LogP contribution in [0, 0.1) is 11.7 Å². The maximum atomic E-state index is 13.4. The van der Waals surface area contributed by atoms with Crippen LogP contribution in [-0.2, 0) is 20.9 Å². The van der Waals surface area contributed by atoms with Gasteiger partial charge in [0.25, 0.3) is 5.91 Å². The first-order valence-corrected chi connectivity index (χ1v) is 6.98. The van der Waals surface area contributed by atoms with Crippen molar-refractivity contribution in [2.24, 2.45) is 5.92 Å². The van der Waals surface area contributed by atoms with Crippen molar-refractivity contribution in [2.45, 2.75) is 25.8 Å². The highest BCUT2D eigenvalue weighted by Gasteiger charge is 2.20. The Hall–Kier alpha value is -2.17. The van der Waals surface area contributed by atoms with Crippen LogP contribution in [0.25, 0.3) is 0 Å². The maximum Gasteiger partial charge on any atom is 0.309 e. The topological polar surface area (TPSA) is 55.4 Å². The molecule has 0 heterocycles. The molecule has 0 bridgehead atoms. The minimum absolute atomic E-state index is 0.0786. The largest absolute Gasteiger partial charge is 0.455 e. The molecular formula is C16H18FNO3. The smallest absolute Gasteiger partial charge is 0.309 e. The molecule has 112 valence electrons. The van der Waals surface area contributed by atoms with Gasteiger partial charge in [-0.15, -0.1) is 0 Å². The number of nitrogens with one attached hydrogen (secondary N) is 1. The van der Waals surface area contributed by atoms with Crippen molar-refractivity contribution in [2.75, 3.05) is 6.61 Å². The van der Waals surface area contributed by atoms with E-state index in [9.17, 15) is 14.0 Å². The summed E-state index contributed by atoms with van der Waals surface area (Å²) in [6, 6.07) is 6.20. The van der Waals surface area contributed by atoms with Gasteiger partial charge in [0.2, 0.25) is 0 Å². The average molecular weight is 291 g/mol. The van der Waals surface area contributed by atoms with Gasteiger partial charge in [-0.05, 0) is 25.3 Å². The number of benzene rings is 1. The van der Waals surface area contributed by atoms with Crippen LogP contribution in [0.3, 0.4) is 0 Å². The molecule has 1 aliphatic carbocycles. The normalized spacial score (nSPS) is 17.3. The highest BCUT2D eigenvalue weighted by atomic mass is 19.1. The number of allylic oxidation sites excluding steroid dienone is 2. The number of amides is 1. The van der Waals surface area contributed by atoms with Crippen molar-refractivity contribution in [3.8, 4) is 0 Å². The Morgan fingerprint density at radius 3 is 2.81 bits per heavy atom. The van der Waals surface area contributed by atoms with Crippen LogP contribution in [0.15, 0.2) is 36.4 Å². The summed E-state index contributed by atoms with van der Waals surface area (Å²) in [6.45, 7) is -0.247. The first-order chi connectivity index (χ1) is 10.2. The summed E-state index contributed by atoms with van der Waals surface area (Å²) in [7, 11) is 0. The molecule has 1 aromatic rings. The number of ether oxygens (including phenoxy) is 1. The molecule has 1 amide bonds. The quantitative estimate of drug-likeness (QED) is 0.669. The molecule has 1 atom stereocenters. The molecule has 1 aromatic carbocycles. The summed E-state index contributed by atoms with van der Waals surface area (Å²) in [5, 5.41) is 2.53. The summed E-state index contributed by atoms with van der Waals surface area (Å²) >= 11 is 0. The molecule has 0 aromatic heterocycles. The average Bonchev–Trinajstić information content (AvgIpc) is 2.52. The summed E-state index contributed by atoms with van der Waals surface area (Å²) in [4.78, 5) is 23.3. The second kappa shape index (κ2) is 7.57. The Labute approximate surface area is 123 Å². The van der Waals surface area contributed by atoms with Crippen molar-refractivity contribution in [3.63, 3.8) is 0 Å². The highest BCUT2D eigenvalue weighted by Crippen LogP contribution is 2.19. The zero-order chi connectivity index (χ0) is 15.1. The lowest BCUT2D eigenvalue weighted by molar-refractivity contribution is -0.152. The van der Waals surface area contributed by atoms with Crippen LogP contribution >= 0.6 is 0 Å². The van der Waals surface area contributed by atoms with Crippen LogP contribution in [-0.4, -0.2) is 18.5 Å². The van der Waals surface area contributed by atoms with Crippen LogP contribution in [0.5, 0.6) is 0 Å². The Morgan fingerprint density at radius 1 is 1.29 bits per heavy atom. The van der Waals surface area contributed by atoms with E-state index in [4.69, 9.17) is 4.74 Å². The minimum atomic E-state index is -0.432. The third-order valence-electron chi connectivity index (χ3n) is 3.38. The molecule has 5 heteroatoms. The fraction of sp³-hybridized carbons (Fsp3) is 0.375. The van der Waals surface area contributed by atoms with E-state index in [2.05, 4.69) is 5.32 Å². The van der Waals surface area contributed by atoms with E-state index in [1.54, 1.807) is 18.2 Å². The van der Waals surface area contributed by atoms with Gasteiger partial charge in [0.05, 0.1) is 5.92 Å². The molecule has 1 N–H and O–H groups in total. The first-order valence-electron chi connectivity index (χ1n) is 6.98. The van der Waals surface area contributed by atoms with E-state index < -0.39 is 5.91 Å². The Bertz CT molecular complexity index is 542. The van der Waals surface area contributed by atoms with Gasteiger partial charge < -0.3 is 10.1 Å². The summed E-state index contributed by atoms with van der Waals surface area (Å²) in [5.41, 5.74) is 0.398. The molecule has 4 nitrogen and oxygen atoms in total. The Kier molecular flexibility index (Phi) is 5.49. The third-order valence-corrected chi connectivity index (χ3v) is 3.38. The Balaban J connectivity index is 1.71. The van der Waals surface area contributed by atoms with Crippen molar-refractivity contribution < 1.29 is 18.7 Å². The standard InChI is InChI=1S/C16H18FNO3/c17-14-9-5-4-8-13(14)10-18-15(19)11-21-16(20)12-6-2-1-3-7-12/h1-2,4-5,8-9,12H,3,6-7,10-11H2,(H,18,19)/t12-/m1/s1. The van der Waals surface area contributed by atoms with Crippen LogP contribution in [0.2, 0.25) is 0 Å².